The highest BCUT2D eigenvalue weighted by Crippen LogP contribution is 2.20. The Bertz CT molecular complexity index is 808. The lowest BCUT2D eigenvalue weighted by Gasteiger charge is -2.23. The fourth-order valence-corrected chi connectivity index (χ4v) is 2.86. The molecular weight excluding hydrogens is 352 g/mol. The van der Waals surface area contributed by atoms with Crippen molar-refractivity contribution in [3.8, 4) is 5.69 Å². The average Bonchev–Trinajstić information content (AvgIpc) is 2.95. The third-order valence-corrected chi connectivity index (χ3v) is 3.96. The minimum absolute atomic E-state index is 0.0123. The van der Waals surface area contributed by atoms with Crippen molar-refractivity contribution in [2.75, 3.05) is 13.6 Å². The van der Waals surface area contributed by atoms with E-state index in [1.54, 1.807) is 30.1 Å². The van der Waals surface area contributed by atoms with Crippen LogP contribution in [0.3, 0.4) is 0 Å². The molecule has 0 radical (unpaired) electrons. The van der Waals surface area contributed by atoms with Crippen molar-refractivity contribution in [1.82, 2.24) is 20.0 Å². The summed E-state index contributed by atoms with van der Waals surface area (Å²) in [5, 5.41) is 7.81. The minimum Gasteiger partial charge on any atom is -0.350 e. The number of likely N-dealkylation sites (N-methyl/N-ethyl adjacent to an activating group) is 1. The molecule has 140 valence electrons. The van der Waals surface area contributed by atoms with Crippen molar-refractivity contribution in [3.63, 3.8) is 0 Å². The van der Waals surface area contributed by atoms with Gasteiger partial charge < -0.3 is 10.2 Å². The summed E-state index contributed by atoms with van der Waals surface area (Å²) in [6.45, 7) is 7.65. The predicted molar refractivity (Wildman–Crippen MR) is 103 cm³/mol. The zero-order valence-electron chi connectivity index (χ0n) is 15.8. The maximum absolute atomic E-state index is 12.8. The minimum atomic E-state index is -0.340. The van der Waals surface area contributed by atoms with E-state index >= 15 is 0 Å². The van der Waals surface area contributed by atoms with Gasteiger partial charge in [0.2, 0.25) is 5.91 Å². The normalized spacial score (nSPS) is 11.3. The van der Waals surface area contributed by atoms with Gasteiger partial charge in [0.15, 0.2) is 0 Å². The molecule has 1 heterocycles. The highest BCUT2D eigenvalue weighted by atomic mass is 35.5. The van der Waals surface area contributed by atoms with Gasteiger partial charge in [0.1, 0.15) is 0 Å². The van der Waals surface area contributed by atoms with Crippen LogP contribution < -0.4 is 5.32 Å². The standard InChI is InChI=1S/C19H25ClN4O2/c1-6-16-15(11-21-24(16)14-9-7-8-13(20)10-14)18(26)23(5)12-17(25)22-19(2,3)4/h7-11H,6,12H2,1-5H3,(H,22,25). The molecule has 1 aromatic carbocycles. The smallest absolute Gasteiger partial charge is 0.257 e. The van der Waals surface area contributed by atoms with Gasteiger partial charge in [-0.15, -0.1) is 0 Å². The second-order valence-electron chi connectivity index (χ2n) is 7.21. The summed E-state index contributed by atoms with van der Waals surface area (Å²) in [5.41, 5.74) is 1.72. The summed E-state index contributed by atoms with van der Waals surface area (Å²) < 4.78 is 1.71. The molecule has 0 aliphatic carbocycles. The second-order valence-corrected chi connectivity index (χ2v) is 7.65. The van der Waals surface area contributed by atoms with Crippen LogP contribution in [-0.4, -0.2) is 45.6 Å². The number of carbonyl (C=O) groups is 2. The van der Waals surface area contributed by atoms with E-state index in [1.807, 2.05) is 39.8 Å². The van der Waals surface area contributed by atoms with Crippen LogP contribution in [0.1, 0.15) is 43.7 Å². The summed E-state index contributed by atoms with van der Waals surface area (Å²) in [4.78, 5) is 26.3. The lowest BCUT2D eigenvalue weighted by Crippen LogP contribution is -2.46. The Morgan fingerprint density at radius 1 is 1.31 bits per heavy atom. The van der Waals surface area contributed by atoms with E-state index in [-0.39, 0.29) is 23.9 Å². The number of amides is 2. The number of hydrogen-bond acceptors (Lipinski definition) is 3. The molecule has 0 saturated heterocycles. The lowest BCUT2D eigenvalue weighted by atomic mass is 10.1. The summed E-state index contributed by atoms with van der Waals surface area (Å²) >= 11 is 6.06. The Balaban J connectivity index is 2.23. The maximum atomic E-state index is 12.8. The van der Waals surface area contributed by atoms with Crippen LogP contribution in [0.4, 0.5) is 0 Å². The molecular formula is C19H25ClN4O2. The van der Waals surface area contributed by atoms with E-state index in [0.717, 1.165) is 11.4 Å². The van der Waals surface area contributed by atoms with Crippen LogP contribution in [0, 0.1) is 0 Å². The monoisotopic (exact) mass is 376 g/mol. The van der Waals surface area contributed by atoms with E-state index < -0.39 is 0 Å². The van der Waals surface area contributed by atoms with Gasteiger partial charge in [-0.25, -0.2) is 4.68 Å². The van der Waals surface area contributed by atoms with Crippen molar-refractivity contribution < 1.29 is 9.59 Å². The second kappa shape index (κ2) is 7.91. The maximum Gasteiger partial charge on any atom is 0.257 e. The van der Waals surface area contributed by atoms with Crippen molar-refractivity contribution in [1.29, 1.82) is 0 Å². The van der Waals surface area contributed by atoms with Crippen LogP contribution in [-0.2, 0) is 11.2 Å². The molecule has 2 aromatic rings. The molecule has 1 aromatic heterocycles. The molecule has 6 nitrogen and oxygen atoms in total. The van der Waals surface area contributed by atoms with E-state index in [2.05, 4.69) is 10.4 Å². The number of nitrogens with one attached hydrogen (secondary N) is 1. The third kappa shape index (κ3) is 4.85. The van der Waals surface area contributed by atoms with Gasteiger partial charge in [-0.2, -0.15) is 5.10 Å². The first kappa shape index (κ1) is 20.0. The largest absolute Gasteiger partial charge is 0.350 e. The number of hydrogen-bond donors (Lipinski definition) is 1. The van der Waals surface area contributed by atoms with Gasteiger partial charge in [0.25, 0.3) is 5.91 Å². The Hall–Kier alpha value is -2.34. The third-order valence-electron chi connectivity index (χ3n) is 3.73. The summed E-state index contributed by atoms with van der Waals surface area (Å²) in [6.07, 6.45) is 2.16. The Labute approximate surface area is 159 Å². The molecule has 0 unspecified atom stereocenters. The molecule has 0 fully saturated rings. The molecule has 2 amide bonds. The predicted octanol–water partition coefficient (Wildman–Crippen LogP) is 3.07. The molecule has 7 heteroatoms. The Morgan fingerprint density at radius 2 is 2.00 bits per heavy atom. The highest BCUT2D eigenvalue weighted by Gasteiger charge is 2.23. The van der Waals surface area contributed by atoms with Gasteiger partial charge in [0.05, 0.1) is 29.7 Å². The van der Waals surface area contributed by atoms with E-state index in [4.69, 9.17) is 11.6 Å². The highest BCUT2D eigenvalue weighted by molar-refractivity contribution is 6.30. The van der Waals surface area contributed by atoms with Gasteiger partial charge in [0, 0.05) is 17.6 Å². The first-order valence-electron chi connectivity index (χ1n) is 8.51. The van der Waals surface area contributed by atoms with Crippen molar-refractivity contribution >= 4 is 23.4 Å². The van der Waals surface area contributed by atoms with Crippen LogP contribution in [0.2, 0.25) is 5.02 Å². The average molecular weight is 377 g/mol. The molecule has 0 spiro atoms. The number of carbonyl (C=O) groups excluding carboxylic acids is 2. The van der Waals surface area contributed by atoms with Crippen molar-refractivity contribution in [2.45, 2.75) is 39.7 Å². The molecule has 0 saturated carbocycles. The van der Waals surface area contributed by atoms with Crippen LogP contribution >= 0.6 is 11.6 Å². The Kier molecular flexibility index (Phi) is 6.08. The van der Waals surface area contributed by atoms with Crippen LogP contribution in [0.15, 0.2) is 30.5 Å². The number of nitrogens with zero attached hydrogens (tertiary/aromatic N) is 3. The summed E-state index contributed by atoms with van der Waals surface area (Å²) in [7, 11) is 1.61. The summed E-state index contributed by atoms with van der Waals surface area (Å²) in [6, 6.07) is 7.30. The van der Waals surface area contributed by atoms with E-state index in [9.17, 15) is 9.59 Å². The van der Waals surface area contributed by atoms with Crippen LogP contribution in [0.5, 0.6) is 0 Å². The van der Waals surface area contributed by atoms with Gasteiger partial charge in [-0.1, -0.05) is 24.6 Å². The van der Waals surface area contributed by atoms with Gasteiger partial charge in [-0.05, 0) is 45.4 Å². The fourth-order valence-electron chi connectivity index (χ4n) is 2.67. The first-order valence-corrected chi connectivity index (χ1v) is 8.89. The molecule has 0 aliphatic rings. The van der Waals surface area contributed by atoms with Crippen LogP contribution in [0.25, 0.3) is 5.69 Å². The molecule has 0 bridgehead atoms. The van der Waals surface area contributed by atoms with Crippen molar-refractivity contribution in [2.24, 2.45) is 0 Å². The molecule has 26 heavy (non-hydrogen) atoms. The quantitative estimate of drug-likeness (QED) is 0.871. The molecule has 0 aliphatic heterocycles. The Morgan fingerprint density at radius 3 is 2.58 bits per heavy atom. The van der Waals surface area contributed by atoms with Gasteiger partial charge >= 0.3 is 0 Å². The zero-order chi connectivity index (χ0) is 19.5. The fraction of sp³-hybridized carbons (Fsp3) is 0.421. The number of rotatable bonds is 5. The van der Waals surface area contributed by atoms with E-state index in [1.165, 1.54) is 4.90 Å². The molecule has 1 N–H and O–H groups in total. The first-order chi connectivity index (χ1) is 12.1. The van der Waals surface area contributed by atoms with Crippen molar-refractivity contribution in [3.05, 3.63) is 46.7 Å². The number of halogens is 1. The van der Waals surface area contributed by atoms with Gasteiger partial charge in [-0.3, -0.25) is 9.59 Å². The summed E-state index contributed by atoms with van der Waals surface area (Å²) in [5.74, 6) is -0.437. The lowest BCUT2D eigenvalue weighted by molar-refractivity contribution is -0.122. The number of benzene rings is 1. The SMILES string of the molecule is CCc1c(C(=O)N(C)CC(=O)NC(C)(C)C)cnn1-c1cccc(Cl)c1. The van der Waals surface area contributed by atoms with E-state index in [0.29, 0.717) is 17.0 Å². The molecule has 0 atom stereocenters. The number of aromatic nitrogens is 2. The topological polar surface area (TPSA) is 67.2 Å². The zero-order valence-corrected chi connectivity index (χ0v) is 16.6. The molecule has 2 rings (SSSR count).